The summed E-state index contributed by atoms with van der Waals surface area (Å²) in [5.74, 6) is 0.538. The third-order valence-corrected chi connectivity index (χ3v) is 2.68. The zero-order valence-corrected chi connectivity index (χ0v) is 9.05. The molecule has 0 bridgehead atoms. The van der Waals surface area contributed by atoms with Crippen LogP contribution in [-0.2, 0) is 9.53 Å². The minimum absolute atomic E-state index is 0.00894. The molecule has 0 radical (unpaired) electrons. The average Bonchev–Trinajstić information content (AvgIpc) is 2.20. The van der Waals surface area contributed by atoms with Gasteiger partial charge in [0.2, 0.25) is 0 Å². The maximum absolute atomic E-state index is 11.3. The number of ether oxygens (including phenoxy) is 1. The summed E-state index contributed by atoms with van der Waals surface area (Å²) in [5.41, 5.74) is 0. The number of hydrogen-bond donors (Lipinski definition) is 1. The molecule has 0 aromatic heterocycles. The quantitative estimate of drug-likeness (QED) is 0.541. The van der Waals surface area contributed by atoms with Gasteiger partial charge in [-0.3, -0.25) is 4.79 Å². The molecule has 0 aromatic carbocycles. The molecule has 1 aliphatic heterocycles. The Balaban J connectivity index is 2.06. The summed E-state index contributed by atoms with van der Waals surface area (Å²) in [6.45, 7) is 4.79. The van der Waals surface area contributed by atoms with Crippen LogP contribution >= 0.6 is 0 Å². The summed E-state index contributed by atoms with van der Waals surface area (Å²) in [7, 11) is 0. The van der Waals surface area contributed by atoms with Gasteiger partial charge in [0.05, 0.1) is 6.61 Å². The van der Waals surface area contributed by atoms with Crippen LogP contribution in [0.25, 0.3) is 0 Å². The molecule has 1 saturated heterocycles. The van der Waals surface area contributed by atoms with Crippen molar-refractivity contribution >= 4 is 5.97 Å². The zero-order chi connectivity index (χ0) is 10.2. The maximum atomic E-state index is 11.3. The van der Waals surface area contributed by atoms with Crippen molar-refractivity contribution in [3.8, 4) is 0 Å². The molecule has 1 N–H and O–H groups in total. The maximum Gasteiger partial charge on any atom is 0.306 e. The van der Waals surface area contributed by atoms with Crippen LogP contribution in [0.4, 0.5) is 0 Å². The van der Waals surface area contributed by atoms with Gasteiger partial charge in [-0.05, 0) is 38.3 Å². The molecule has 1 rings (SSSR count). The summed E-state index contributed by atoms with van der Waals surface area (Å²) in [6.07, 6.45) is 4.91. The molecule has 3 nitrogen and oxygen atoms in total. The molecule has 1 heterocycles. The van der Waals surface area contributed by atoms with Crippen LogP contribution in [0.5, 0.6) is 0 Å². The predicted octanol–water partition coefficient (Wildman–Crippen LogP) is 1.72. The summed E-state index contributed by atoms with van der Waals surface area (Å²) in [4.78, 5) is 11.3. The third-order valence-electron chi connectivity index (χ3n) is 2.68. The fourth-order valence-corrected chi connectivity index (χ4v) is 1.71. The normalized spacial score (nSPS) is 18.1. The van der Waals surface area contributed by atoms with E-state index in [0.29, 0.717) is 18.9 Å². The summed E-state index contributed by atoms with van der Waals surface area (Å²) >= 11 is 0. The molecule has 1 aliphatic rings. The Bertz CT molecular complexity index is 165. The van der Waals surface area contributed by atoms with Crippen LogP contribution in [0.15, 0.2) is 0 Å². The summed E-state index contributed by atoms with van der Waals surface area (Å²) in [5, 5.41) is 3.29. The van der Waals surface area contributed by atoms with E-state index in [-0.39, 0.29) is 5.97 Å². The fourth-order valence-electron chi connectivity index (χ4n) is 1.71. The molecule has 82 valence electrons. The Morgan fingerprint density at radius 3 is 2.79 bits per heavy atom. The van der Waals surface area contributed by atoms with Crippen LogP contribution in [0.1, 0.15) is 39.0 Å². The number of carbonyl (C=O) groups excluding carboxylic acids is 1. The second-order valence-corrected chi connectivity index (χ2v) is 3.97. The van der Waals surface area contributed by atoms with E-state index in [9.17, 15) is 4.79 Å². The first-order valence-corrected chi connectivity index (χ1v) is 5.69. The predicted molar refractivity (Wildman–Crippen MR) is 56.1 cm³/mol. The van der Waals surface area contributed by atoms with Gasteiger partial charge in [-0.25, -0.2) is 0 Å². The number of carbonyl (C=O) groups is 1. The van der Waals surface area contributed by atoms with Crippen molar-refractivity contribution in [3.63, 3.8) is 0 Å². The van der Waals surface area contributed by atoms with Crippen molar-refractivity contribution in [1.82, 2.24) is 5.32 Å². The third kappa shape index (κ3) is 4.61. The molecule has 0 aromatic rings. The van der Waals surface area contributed by atoms with Gasteiger partial charge in [-0.15, -0.1) is 0 Å². The minimum atomic E-state index is -0.00894. The van der Waals surface area contributed by atoms with Crippen LogP contribution in [0.2, 0.25) is 0 Å². The van der Waals surface area contributed by atoms with Crippen LogP contribution in [0, 0.1) is 5.92 Å². The first-order chi connectivity index (χ1) is 6.83. The lowest BCUT2D eigenvalue weighted by Crippen LogP contribution is -2.29. The highest BCUT2D eigenvalue weighted by Gasteiger charge is 2.17. The lowest BCUT2D eigenvalue weighted by atomic mass is 9.95. The Kier molecular flexibility index (Phi) is 5.60. The van der Waals surface area contributed by atoms with Gasteiger partial charge in [0.15, 0.2) is 0 Å². The van der Waals surface area contributed by atoms with E-state index < -0.39 is 0 Å². The van der Waals surface area contributed by atoms with Gasteiger partial charge < -0.3 is 10.1 Å². The molecule has 1 fully saturated rings. The first-order valence-electron chi connectivity index (χ1n) is 5.69. The van der Waals surface area contributed by atoms with E-state index >= 15 is 0 Å². The highest BCUT2D eigenvalue weighted by atomic mass is 16.5. The molecule has 0 unspecified atom stereocenters. The highest BCUT2D eigenvalue weighted by Crippen LogP contribution is 2.16. The monoisotopic (exact) mass is 199 g/mol. The SMILES string of the molecule is CCCCOC(=O)CC1CCNCC1. The Morgan fingerprint density at radius 1 is 1.43 bits per heavy atom. The highest BCUT2D eigenvalue weighted by molar-refractivity contribution is 5.69. The molecule has 0 spiro atoms. The van der Waals surface area contributed by atoms with Gasteiger partial charge in [0.1, 0.15) is 0 Å². The van der Waals surface area contributed by atoms with Gasteiger partial charge in [-0.1, -0.05) is 13.3 Å². The van der Waals surface area contributed by atoms with E-state index in [4.69, 9.17) is 4.74 Å². The lowest BCUT2D eigenvalue weighted by Gasteiger charge is -2.21. The van der Waals surface area contributed by atoms with Crippen molar-refractivity contribution < 1.29 is 9.53 Å². The van der Waals surface area contributed by atoms with Gasteiger partial charge in [-0.2, -0.15) is 0 Å². The van der Waals surface area contributed by atoms with Gasteiger partial charge >= 0.3 is 5.97 Å². The van der Waals surface area contributed by atoms with Crippen molar-refractivity contribution in [1.29, 1.82) is 0 Å². The van der Waals surface area contributed by atoms with E-state index in [1.165, 1.54) is 0 Å². The smallest absolute Gasteiger partial charge is 0.306 e. The van der Waals surface area contributed by atoms with Crippen LogP contribution < -0.4 is 5.32 Å². The molecular weight excluding hydrogens is 178 g/mol. The molecule has 0 amide bonds. The van der Waals surface area contributed by atoms with E-state index in [1.54, 1.807) is 0 Å². The van der Waals surface area contributed by atoms with Crippen LogP contribution in [-0.4, -0.2) is 25.7 Å². The average molecular weight is 199 g/mol. The molecule has 0 saturated carbocycles. The van der Waals surface area contributed by atoms with Crippen molar-refractivity contribution in [2.75, 3.05) is 19.7 Å². The fraction of sp³-hybridized carbons (Fsp3) is 0.909. The number of piperidine rings is 1. The van der Waals surface area contributed by atoms with Crippen molar-refractivity contribution in [3.05, 3.63) is 0 Å². The Morgan fingerprint density at radius 2 is 2.14 bits per heavy atom. The second-order valence-electron chi connectivity index (χ2n) is 3.97. The van der Waals surface area contributed by atoms with Crippen molar-refractivity contribution in [2.24, 2.45) is 5.92 Å². The topological polar surface area (TPSA) is 38.3 Å². The van der Waals surface area contributed by atoms with E-state index in [2.05, 4.69) is 12.2 Å². The number of rotatable bonds is 5. The molecule has 3 heteroatoms. The van der Waals surface area contributed by atoms with Gasteiger partial charge in [0.25, 0.3) is 0 Å². The Labute approximate surface area is 86.2 Å². The lowest BCUT2D eigenvalue weighted by molar-refractivity contribution is -0.145. The summed E-state index contributed by atoms with van der Waals surface area (Å²) < 4.78 is 5.13. The largest absolute Gasteiger partial charge is 0.466 e. The molecule has 0 aliphatic carbocycles. The standard InChI is InChI=1S/C11H21NO2/c1-2-3-8-14-11(13)9-10-4-6-12-7-5-10/h10,12H,2-9H2,1H3. The van der Waals surface area contributed by atoms with E-state index in [1.807, 2.05) is 0 Å². The van der Waals surface area contributed by atoms with E-state index in [0.717, 1.165) is 38.8 Å². The first kappa shape index (κ1) is 11.5. The number of nitrogens with one attached hydrogen (secondary N) is 1. The number of esters is 1. The minimum Gasteiger partial charge on any atom is -0.466 e. The van der Waals surface area contributed by atoms with Crippen LogP contribution in [0.3, 0.4) is 0 Å². The van der Waals surface area contributed by atoms with Crippen molar-refractivity contribution in [2.45, 2.75) is 39.0 Å². The number of unbranched alkanes of at least 4 members (excludes halogenated alkanes) is 1. The second kappa shape index (κ2) is 6.82. The summed E-state index contributed by atoms with van der Waals surface area (Å²) in [6, 6.07) is 0. The zero-order valence-electron chi connectivity index (χ0n) is 9.05. The molecule has 0 atom stereocenters. The number of hydrogen-bond acceptors (Lipinski definition) is 3. The van der Waals surface area contributed by atoms with Gasteiger partial charge in [0, 0.05) is 6.42 Å². The molecule has 14 heavy (non-hydrogen) atoms. The molecular formula is C11H21NO2. The Hall–Kier alpha value is -0.570.